The molecule has 0 aliphatic rings. The molecular formula is C25H24ClN3O2. The number of halogens is 1. The standard InChI is InChI=1S/C25H24ClN3O2/c1-18-5-4-6-19(15-18)16-29-23-8-3-2-7-22(23)28-24(29)13-14-27-25(30)17-31-21-11-9-20(26)10-12-21/h2-12,15H,13-14,16-17H2,1H3,(H,27,30). The van der Waals surface area contributed by atoms with Crippen molar-refractivity contribution in [2.45, 2.75) is 19.9 Å². The molecule has 6 heteroatoms. The molecule has 0 atom stereocenters. The van der Waals surface area contributed by atoms with Crippen molar-refractivity contribution in [2.75, 3.05) is 13.2 Å². The average molecular weight is 434 g/mol. The molecular weight excluding hydrogens is 410 g/mol. The number of hydrogen-bond donors (Lipinski definition) is 1. The fourth-order valence-corrected chi connectivity index (χ4v) is 3.66. The van der Waals surface area contributed by atoms with Gasteiger partial charge in [-0.15, -0.1) is 0 Å². The number of aryl methyl sites for hydroxylation is 1. The summed E-state index contributed by atoms with van der Waals surface area (Å²) in [5.41, 5.74) is 4.51. The summed E-state index contributed by atoms with van der Waals surface area (Å²) in [6, 6.07) is 23.5. The molecule has 0 saturated carbocycles. The van der Waals surface area contributed by atoms with E-state index in [0.717, 1.165) is 23.4 Å². The van der Waals surface area contributed by atoms with E-state index in [2.05, 4.69) is 47.1 Å². The minimum Gasteiger partial charge on any atom is -0.484 e. The average Bonchev–Trinajstić information content (AvgIpc) is 3.11. The lowest BCUT2D eigenvalue weighted by molar-refractivity contribution is -0.123. The Kier molecular flexibility index (Phi) is 6.53. The molecule has 1 aromatic heterocycles. The number of imidazole rings is 1. The van der Waals surface area contributed by atoms with Gasteiger partial charge in [0.15, 0.2) is 6.61 Å². The van der Waals surface area contributed by atoms with E-state index in [1.807, 2.05) is 18.2 Å². The maximum atomic E-state index is 12.2. The number of carbonyl (C=O) groups is 1. The number of fused-ring (bicyclic) bond motifs is 1. The van der Waals surface area contributed by atoms with Crippen LogP contribution in [0, 0.1) is 6.92 Å². The fraction of sp³-hybridized carbons (Fsp3) is 0.200. The maximum Gasteiger partial charge on any atom is 0.257 e. The predicted molar refractivity (Wildman–Crippen MR) is 124 cm³/mol. The Balaban J connectivity index is 1.39. The molecule has 4 aromatic rings. The van der Waals surface area contributed by atoms with Crippen molar-refractivity contribution < 1.29 is 9.53 Å². The van der Waals surface area contributed by atoms with E-state index in [1.165, 1.54) is 11.1 Å². The number of nitrogens with one attached hydrogen (secondary N) is 1. The summed E-state index contributed by atoms with van der Waals surface area (Å²) in [7, 11) is 0. The predicted octanol–water partition coefficient (Wildman–Crippen LogP) is 4.78. The second-order valence-corrected chi connectivity index (χ2v) is 7.87. The van der Waals surface area contributed by atoms with Crippen LogP contribution >= 0.6 is 11.6 Å². The molecule has 0 unspecified atom stereocenters. The zero-order valence-electron chi connectivity index (χ0n) is 17.3. The van der Waals surface area contributed by atoms with Gasteiger partial charge in [0.2, 0.25) is 0 Å². The quantitative estimate of drug-likeness (QED) is 0.435. The van der Waals surface area contributed by atoms with Gasteiger partial charge in [-0.25, -0.2) is 4.98 Å². The summed E-state index contributed by atoms with van der Waals surface area (Å²) in [5.74, 6) is 1.39. The van der Waals surface area contributed by atoms with Gasteiger partial charge in [0, 0.05) is 24.5 Å². The highest BCUT2D eigenvalue weighted by Crippen LogP contribution is 2.19. The third-order valence-corrected chi connectivity index (χ3v) is 5.26. The smallest absolute Gasteiger partial charge is 0.257 e. The number of nitrogens with zero attached hydrogens (tertiary/aromatic N) is 2. The Bertz CT molecular complexity index is 1190. The molecule has 1 N–H and O–H groups in total. The number of ether oxygens (including phenoxy) is 1. The number of hydrogen-bond acceptors (Lipinski definition) is 3. The molecule has 1 amide bonds. The SMILES string of the molecule is Cc1cccc(Cn2c(CCNC(=O)COc3ccc(Cl)cc3)nc3ccccc32)c1. The van der Waals surface area contributed by atoms with Crippen LogP contribution in [0.25, 0.3) is 11.0 Å². The summed E-state index contributed by atoms with van der Waals surface area (Å²) in [6.45, 7) is 3.28. The van der Waals surface area contributed by atoms with Crippen LogP contribution in [0.2, 0.25) is 5.02 Å². The summed E-state index contributed by atoms with van der Waals surface area (Å²) in [4.78, 5) is 17.0. The van der Waals surface area contributed by atoms with Gasteiger partial charge in [0.25, 0.3) is 5.91 Å². The summed E-state index contributed by atoms with van der Waals surface area (Å²) in [6.07, 6.45) is 0.632. The van der Waals surface area contributed by atoms with Crippen LogP contribution in [-0.4, -0.2) is 28.6 Å². The summed E-state index contributed by atoms with van der Waals surface area (Å²) in [5, 5.41) is 3.54. The minimum atomic E-state index is -0.170. The van der Waals surface area contributed by atoms with Gasteiger partial charge in [0.05, 0.1) is 11.0 Å². The number of para-hydroxylation sites is 2. The zero-order valence-corrected chi connectivity index (χ0v) is 18.1. The third kappa shape index (κ3) is 5.44. The normalized spacial score (nSPS) is 10.9. The summed E-state index contributed by atoms with van der Waals surface area (Å²) < 4.78 is 7.72. The molecule has 0 bridgehead atoms. The van der Waals surface area contributed by atoms with Crippen LogP contribution in [0.1, 0.15) is 17.0 Å². The fourth-order valence-electron chi connectivity index (χ4n) is 3.53. The number of carbonyl (C=O) groups excluding carboxylic acids is 1. The Morgan fingerprint density at radius 2 is 1.87 bits per heavy atom. The first-order valence-electron chi connectivity index (χ1n) is 10.2. The van der Waals surface area contributed by atoms with Crippen molar-refractivity contribution >= 4 is 28.5 Å². The molecule has 5 nitrogen and oxygen atoms in total. The highest BCUT2D eigenvalue weighted by atomic mass is 35.5. The first-order chi connectivity index (χ1) is 15.1. The maximum absolute atomic E-state index is 12.2. The van der Waals surface area contributed by atoms with Crippen LogP contribution in [0.4, 0.5) is 0 Å². The van der Waals surface area contributed by atoms with E-state index in [1.54, 1.807) is 24.3 Å². The van der Waals surface area contributed by atoms with E-state index in [0.29, 0.717) is 23.7 Å². The molecule has 0 aliphatic carbocycles. The highest BCUT2D eigenvalue weighted by Gasteiger charge is 2.12. The van der Waals surface area contributed by atoms with Gasteiger partial charge in [-0.2, -0.15) is 0 Å². The highest BCUT2D eigenvalue weighted by molar-refractivity contribution is 6.30. The van der Waals surface area contributed by atoms with Gasteiger partial charge >= 0.3 is 0 Å². The van der Waals surface area contributed by atoms with Gasteiger partial charge in [0.1, 0.15) is 11.6 Å². The monoisotopic (exact) mass is 433 g/mol. The second-order valence-electron chi connectivity index (χ2n) is 7.43. The van der Waals surface area contributed by atoms with Gasteiger partial charge in [-0.05, 0) is 48.9 Å². The number of amides is 1. The van der Waals surface area contributed by atoms with E-state index in [4.69, 9.17) is 21.3 Å². The molecule has 0 aliphatic heterocycles. The van der Waals surface area contributed by atoms with Crippen LogP contribution in [0.3, 0.4) is 0 Å². The van der Waals surface area contributed by atoms with Crippen molar-refractivity contribution in [3.63, 3.8) is 0 Å². The van der Waals surface area contributed by atoms with Crippen molar-refractivity contribution in [1.82, 2.24) is 14.9 Å². The van der Waals surface area contributed by atoms with Gasteiger partial charge in [-0.1, -0.05) is 53.6 Å². The van der Waals surface area contributed by atoms with E-state index < -0.39 is 0 Å². The molecule has 1 heterocycles. The van der Waals surface area contributed by atoms with Crippen molar-refractivity contribution in [3.8, 4) is 5.75 Å². The van der Waals surface area contributed by atoms with Gasteiger partial charge < -0.3 is 14.6 Å². The molecule has 158 valence electrons. The van der Waals surface area contributed by atoms with E-state index in [9.17, 15) is 4.79 Å². The Hall–Kier alpha value is -3.31. The second kappa shape index (κ2) is 9.67. The molecule has 0 spiro atoms. The van der Waals surface area contributed by atoms with Crippen molar-refractivity contribution in [3.05, 3.63) is 94.8 Å². The Labute approximate surface area is 186 Å². The van der Waals surface area contributed by atoms with Crippen molar-refractivity contribution in [2.24, 2.45) is 0 Å². The zero-order chi connectivity index (χ0) is 21.6. The lowest BCUT2D eigenvalue weighted by Crippen LogP contribution is -2.31. The number of rotatable bonds is 8. The third-order valence-electron chi connectivity index (χ3n) is 5.01. The lowest BCUT2D eigenvalue weighted by Gasteiger charge is -2.11. The Morgan fingerprint density at radius 3 is 2.68 bits per heavy atom. The molecule has 4 rings (SSSR count). The summed E-state index contributed by atoms with van der Waals surface area (Å²) >= 11 is 5.86. The van der Waals surface area contributed by atoms with E-state index in [-0.39, 0.29) is 12.5 Å². The minimum absolute atomic E-state index is 0.0403. The lowest BCUT2D eigenvalue weighted by atomic mass is 10.1. The van der Waals surface area contributed by atoms with Crippen LogP contribution in [0.15, 0.2) is 72.8 Å². The van der Waals surface area contributed by atoms with Crippen molar-refractivity contribution in [1.29, 1.82) is 0 Å². The largest absolute Gasteiger partial charge is 0.484 e. The van der Waals surface area contributed by atoms with Gasteiger partial charge in [-0.3, -0.25) is 4.79 Å². The molecule has 0 saturated heterocycles. The molecule has 3 aromatic carbocycles. The number of benzene rings is 3. The topological polar surface area (TPSA) is 56.2 Å². The first kappa shape index (κ1) is 20.9. The van der Waals surface area contributed by atoms with Crippen LogP contribution < -0.4 is 10.1 Å². The molecule has 0 radical (unpaired) electrons. The van der Waals surface area contributed by atoms with Crippen LogP contribution in [0.5, 0.6) is 5.75 Å². The Morgan fingerprint density at radius 1 is 1.06 bits per heavy atom. The number of aromatic nitrogens is 2. The van der Waals surface area contributed by atoms with Crippen LogP contribution in [-0.2, 0) is 17.8 Å². The first-order valence-corrected chi connectivity index (χ1v) is 10.6. The molecule has 31 heavy (non-hydrogen) atoms. The molecule has 0 fully saturated rings. The van der Waals surface area contributed by atoms with E-state index >= 15 is 0 Å².